The molecule has 0 unspecified atom stereocenters. The van der Waals surface area contributed by atoms with Crippen molar-refractivity contribution in [2.24, 2.45) is 0 Å². The van der Waals surface area contributed by atoms with Crippen molar-refractivity contribution in [3.8, 4) is 11.5 Å². The molecule has 0 bridgehead atoms. The van der Waals surface area contributed by atoms with E-state index in [2.05, 4.69) is 5.32 Å². The Kier molecular flexibility index (Phi) is 7.05. The number of aromatic hydroxyl groups is 1. The molecule has 0 saturated heterocycles. The number of phenols is 1. The number of methoxy groups -OCH3 is 1. The lowest BCUT2D eigenvalue weighted by molar-refractivity contribution is -0.142. The summed E-state index contributed by atoms with van der Waals surface area (Å²) >= 11 is 0. The predicted molar refractivity (Wildman–Crippen MR) is 112 cm³/mol. The van der Waals surface area contributed by atoms with Crippen LogP contribution in [0, 0.1) is 0 Å². The number of carbonyl (C=O) groups is 2. The monoisotopic (exact) mass is 405 g/mol. The number of carbonyl (C=O) groups excluding carboxylic acids is 2. The van der Waals surface area contributed by atoms with Gasteiger partial charge in [-0.05, 0) is 47.5 Å². The molecule has 0 saturated carbocycles. The van der Waals surface area contributed by atoms with Gasteiger partial charge in [-0.15, -0.1) is 0 Å². The van der Waals surface area contributed by atoms with Gasteiger partial charge in [-0.2, -0.15) is 0 Å². The molecular weight excluding hydrogens is 382 g/mol. The number of nitrogens with one attached hydrogen (secondary N) is 1. The standard InChI is InChI=1S/C24H23NO5/c1-29-24(28)22(25-23(27)19-9-11-20(26)12-10-19)15-17-7-13-21(14-8-17)30-16-18-5-3-2-4-6-18/h2-14,22,26H,15-16H2,1H3,(H,25,27)/t22-/m1/s1. The highest BCUT2D eigenvalue weighted by Gasteiger charge is 2.22. The zero-order valence-corrected chi connectivity index (χ0v) is 16.6. The van der Waals surface area contributed by atoms with Crippen molar-refractivity contribution >= 4 is 11.9 Å². The molecular formula is C24H23NO5. The Morgan fingerprint density at radius 2 is 1.57 bits per heavy atom. The average Bonchev–Trinajstić information content (AvgIpc) is 2.78. The number of amides is 1. The zero-order chi connectivity index (χ0) is 21.3. The van der Waals surface area contributed by atoms with Gasteiger partial charge in [0.1, 0.15) is 24.1 Å². The summed E-state index contributed by atoms with van der Waals surface area (Å²) in [5.41, 5.74) is 2.26. The first kappa shape index (κ1) is 20.9. The Hall–Kier alpha value is -3.80. The largest absolute Gasteiger partial charge is 0.508 e. The Morgan fingerprint density at radius 1 is 0.900 bits per heavy atom. The number of benzene rings is 3. The Morgan fingerprint density at radius 3 is 2.20 bits per heavy atom. The lowest BCUT2D eigenvalue weighted by Crippen LogP contribution is -2.43. The predicted octanol–water partition coefficient (Wildman–Crippen LogP) is 3.49. The molecule has 1 atom stereocenters. The summed E-state index contributed by atoms with van der Waals surface area (Å²) in [4.78, 5) is 24.6. The quantitative estimate of drug-likeness (QED) is 0.561. The smallest absolute Gasteiger partial charge is 0.328 e. The van der Waals surface area contributed by atoms with E-state index in [1.807, 2.05) is 54.6 Å². The van der Waals surface area contributed by atoms with Crippen LogP contribution in [-0.4, -0.2) is 30.1 Å². The van der Waals surface area contributed by atoms with E-state index in [1.54, 1.807) is 0 Å². The van der Waals surface area contributed by atoms with Crippen molar-refractivity contribution in [3.05, 3.63) is 95.6 Å². The second-order valence-electron chi connectivity index (χ2n) is 6.72. The van der Waals surface area contributed by atoms with Gasteiger partial charge in [-0.25, -0.2) is 4.79 Å². The number of rotatable bonds is 8. The van der Waals surface area contributed by atoms with Crippen LogP contribution in [0.3, 0.4) is 0 Å². The second-order valence-corrected chi connectivity index (χ2v) is 6.72. The van der Waals surface area contributed by atoms with Gasteiger partial charge in [0, 0.05) is 12.0 Å². The third-order valence-corrected chi connectivity index (χ3v) is 4.53. The first-order chi connectivity index (χ1) is 14.5. The summed E-state index contributed by atoms with van der Waals surface area (Å²) < 4.78 is 10.6. The van der Waals surface area contributed by atoms with E-state index in [-0.39, 0.29) is 12.2 Å². The van der Waals surface area contributed by atoms with Crippen molar-refractivity contribution in [2.45, 2.75) is 19.1 Å². The van der Waals surface area contributed by atoms with Gasteiger partial charge in [-0.3, -0.25) is 4.79 Å². The maximum Gasteiger partial charge on any atom is 0.328 e. The summed E-state index contributed by atoms with van der Waals surface area (Å²) in [7, 11) is 1.28. The van der Waals surface area contributed by atoms with Gasteiger partial charge in [0.05, 0.1) is 7.11 Å². The molecule has 6 nitrogen and oxygen atoms in total. The van der Waals surface area contributed by atoms with Gasteiger partial charge in [0.15, 0.2) is 0 Å². The number of esters is 1. The van der Waals surface area contributed by atoms with Crippen LogP contribution >= 0.6 is 0 Å². The minimum Gasteiger partial charge on any atom is -0.508 e. The zero-order valence-electron chi connectivity index (χ0n) is 16.6. The van der Waals surface area contributed by atoms with Crippen molar-refractivity contribution < 1.29 is 24.2 Å². The fourth-order valence-corrected chi connectivity index (χ4v) is 2.89. The number of hydrogen-bond acceptors (Lipinski definition) is 5. The first-order valence-corrected chi connectivity index (χ1v) is 9.48. The fraction of sp³-hybridized carbons (Fsp3) is 0.167. The molecule has 0 aliphatic rings. The first-order valence-electron chi connectivity index (χ1n) is 9.48. The van der Waals surface area contributed by atoms with Crippen LogP contribution in [0.2, 0.25) is 0 Å². The highest BCUT2D eigenvalue weighted by molar-refractivity contribution is 5.96. The molecule has 0 radical (unpaired) electrons. The molecule has 0 aliphatic carbocycles. The molecule has 3 aromatic rings. The minimum atomic E-state index is -0.840. The van der Waals surface area contributed by atoms with E-state index >= 15 is 0 Å². The van der Waals surface area contributed by atoms with Crippen molar-refractivity contribution in [2.75, 3.05) is 7.11 Å². The SMILES string of the molecule is COC(=O)[C@@H](Cc1ccc(OCc2ccccc2)cc1)NC(=O)c1ccc(O)cc1. The van der Waals surface area contributed by atoms with E-state index in [0.29, 0.717) is 17.9 Å². The normalized spacial score (nSPS) is 11.4. The molecule has 3 aromatic carbocycles. The molecule has 1 amide bonds. The van der Waals surface area contributed by atoms with Gasteiger partial charge in [0.25, 0.3) is 5.91 Å². The van der Waals surface area contributed by atoms with Gasteiger partial charge < -0.3 is 19.9 Å². The molecule has 154 valence electrons. The van der Waals surface area contributed by atoms with Crippen molar-refractivity contribution in [3.63, 3.8) is 0 Å². The maximum absolute atomic E-state index is 12.4. The fourth-order valence-electron chi connectivity index (χ4n) is 2.89. The number of ether oxygens (including phenoxy) is 2. The van der Waals surface area contributed by atoms with E-state index in [4.69, 9.17) is 9.47 Å². The lowest BCUT2D eigenvalue weighted by atomic mass is 10.0. The minimum absolute atomic E-state index is 0.0608. The average molecular weight is 405 g/mol. The van der Waals surface area contributed by atoms with E-state index in [1.165, 1.54) is 31.4 Å². The number of phenolic OH excluding ortho intramolecular Hbond substituents is 1. The van der Waals surface area contributed by atoms with Crippen molar-refractivity contribution in [1.29, 1.82) is 0 Å². The van der Waals surface area contributed by atoms with Crippen LogP contribution in [0.15, 0.2) is 78.9 Å². The summed E-state index contributed by atoms with van der Waals surface area (Å²) in [6, 6.07) is 22.2. The van der Waals surface area contributed by atoms with E-state index in [9.17, 15) is 14.7 Å². The van der Waals surface area contributed by atoms with E-state index in [0.717, 1.165) is 11.1 Å². The van der Waals surface area contributed by atoms with Crippen molar-refractivity contribution in [1.82, 2.24) is 5.32 Å². The van der Waals surface area contributed by atoms with Gasteiger partial charge in [0.2, 0.25) is 0 Å². The van der Waals surface area contributed by atoms with Gasteiger partial charge >= 0.3 is 5.97 Å². The Balaban J connectivity index is 1.62. The van der Waals surface area contributed by atoms with Gasteiger partial charge in [-0.1, -0.05) is 42.5 Å². The van der Waals surface area contributed by atoms with E-state index < -0.39 is 17.9 Å². The Bertz CT molecular complexity index is 969. The summed E-state index contributed by atoms with van der Waals surface area (Å²) in [5, 5.41) is 12.0. The maximum atomic E-state index is 12.4. The second kappa shape index (κ2) is 10.1. The molecule has 6 heteroatoms. The molecule has 0 heterocycles. The lowest BCUT2D eigenvalue weighted by Gasteiger charge is -2.17. The molecule has 30 heavy (non-hydrogen) atoms. The third-order valence-electron chi connectivity index (χ3n) is 4.53. The topological polar surface area (TPSA) is 84.9 Å². The van der Waals surface area contributed by atoms with Crippen LogP contribution in [-0.2, 0) is 22.6 Å². The molecule has 2 N–H and O–H groups in total. The molecule has 3 rings (SSSR count). The van der Waals surface area contributed by atoms with Crippen LogP contribution in [0.25, 0.3) is 0 Å². The number of hydrogen-bond donors (Lipinski definition) is 2. The Labute approximate surface area is 175 Å². The highest BCUT2D eigenvalue weighted by Crippen LogP contribution is 2.16. The summed E-state index contributed by atoms with van der Waals surface area (Å²) in [6.07, 6.45) is 0.273. The molecule has 0 aliphatic heterocycles. The van der Waals surface area contributed by atoms with Crippen LogP contribution < -0.4 is 10.1 Å². The van der Waals surface area contributed by atoms with Crippen LogP contribution in [0.5, 0.6) is 11.5 Å². The molecule has 0 fully saturated rings. The van der Waals surface area contributed by atoms with Crippen LogP contribution in [0.1, 0.15) is 21.5 Å². The summed E-state index contributed by atoms with van der Waals surface area (Å²) in [6.45, 7) is 0.466. The third kappa shape index (κ3) is 5.85. The highest BCUT2D eigenvalue weighted by atomic mass is 16.5. The molecule has 0 aromatic heterocycles. The van der Waals surface area contributed by atoms with Crippen LogP contribution in [0.4, 0.5) is 0 Å². The summed E-state index contributed by atoms with van der Waals surface area (Å²) in [5.74, 6) is -0.185. The molecule has 0 spiro atoms.